The SMILES string of the molecule is COC(=O)C(=O)c1cn2c3c(cccc13)CN(C(=O)OC(C)(C)C)CC1OC(C)(C)OC12. The van der Waals surface area contributed by atoms with E-state index in [0.717, 1.165) is 5.56 Å². The molecular weight excluding hydrogens is 416 g/mol. The van der Waals surface area contributed by atoms with Gasteiger partial charge in [0.15, 0.2) is 12.0 Å². The van der Waals surface area contributed by atoms with Crippen molar-refractivity contribution in [1.82, 2.24) is 9.47 Å². The average molecular weight is 444 g/mol. The van der Waals surface area contributed by atoms with Gasteiger partial charge in [-0.2, -0.15) is 0 Å². The summed E-state index contributed by atoms with van der Waals surface area (Å²) in [4.78, 5) is 39.3. The van der Waals surface area contributed by atoms with Crippen LogP contribution in [0.5, 0.6) is 0 Å². The number of methoxy groups -OCH3 is 1. The smallest absolute Gasteiger partial charge is 0.410 e. The molecule has 2 aliphatic rings. The summed E-state index contributed by atoms with van der Waals surface area (Å²) in [5.41, 5.74) is 1.05. The van der Waals surface area contributed by atoms with Gasteiger partial charge in [0.25, 0.3) is 5.78 Å². The third-order valence-corrected chi connectivity index (χ3v) is 5.40. The third kappa shape index (κ3) is 3.98. The van der Waals surface area contributed by atoms with E-state index in [0.29, 0.717) is 10.9 Å². The van der Waals surface area contributed by atoms with E-state index in [4.69, 9.17) is 14.2 Å². The number of esters is 1. The second kappa shape index (κ2) is 7.60. The molecule has 4 rings (SSSR count). The number of rotatable bonds is 2. The highest BCUT2D eigenvalue weighted by molar-refractivity contribution is 6.43. The Hall–Kier alpha value is -2.91. The molecule has 0 spiro atoms. The molecule has 32 heavy (non-hydrogen) atoms. The Balaban J connectivity index is 1.87. The molecule has 9 nitrogen and oxygen atoms in total. The zero-order chi connectivity index (χ0) is 23.4. The van der Waals surface area contributed by atoms with E-state index in [1.807, 2.05) is 31.4 Å². The van der Waals surface area contributed by atoms with Crippen LogP contribution in [-0.2, 0) is 30.3 Å². The minimum Gasteiger partial charge on any atom is -0.463 e. The number of para-hydroxylation sites is 1. The average Bonchev–Trinajstić information content (AvgIpc) is 3.21. The minimum atomic E-state index is -0.944. The van der Waals surface area contributed by atoms with Crippen molar-refractivity contribution in [2.24, 2.45) is 0 Å². The molecule has 1 saturated heterocycles. The first-order valence-corrected chi connectivity index (χ1v) is 10.5. The van der Waals surface area contributed by atoms with Crippen molar-refractivity contribution >= 4 is 28.7 Å². The van der Waals surface area contributed by atoms with Crippen LogP contribution in [0.3, 0.4) is 0 Å². The highest BCUT2D eigenvalue weighted by atomic mass is 16.8. The molecule has 2 unspecified atom stereocenters. The summed E-state index contributed by atoms with van der Waals surface area (Å²) in [6.07, 6.45) is 0.0203. The van der Waals surface area contributed by atoms with Crippen LogP contribution in [0.2, 0.25) is 0 Å². The molecule has 3 heterocycles. The van der Waals surface area contributed by atoms with Gasteiger partial charge < -0.3 is 28.4 Å². The first-order valence-electron chi connectivity index (χ1n) is 10.5. The summed E-state index contributed by atoms with van der Waals surface area (Å²) in [7, 11) is 1.17. The predicted molar refractivity (Wildman–Crippen MR) is 114 cm³/mol. The maximum atomic E-state index is 13.0. The summed E-state index contributed by atoms with van der Waals surface area (Å²) < 4.78 is 24.4. The van der Waals surface area contributed by atoms with Gasteiger partial charge in [-0.25, -0.2) is 9.59 Å². The first-order chi connectivity index (χ1) is 14.9. The topological polar surface area (TPSA) is 96.3 Å². The number of Topliss-reactive ketones (excluding diaryl/α,β-unsaturated/α-hetero) is 1. The number of benzene rings is 1. The van der Waals surface area contributed by atoms with Gasteiger partial charge in [0.05, 0.1) is 31.3 Å². The second-order valence-electron chi connectivity index (χ2n) is 9.51. The highest BCUT2D eigenvalue weighted by Gasteiger charge is 2.46. The number of ketones is 1. The number of carbonyl (C=O) groups is 3. The van der Waals surface area contributed by atoms with Crippen LogP contribution in [0.1, 0.15) is 56.8 Å². The lowest BCUT2D eigenvalue weighted by molar-refractivity contribution is -0.153. The van der Waals surface area contributed by atoms with Crippen LogP contribution in [0.15, 0.2) is 24.4 Å². The highest BCUT2D eigenvalue weighted by Crippen LogP contribution is 2.41. The molecular formula is C23H28N2O7. The van der Waals surface area contributed by atoms with Gasteiger partial charge in [0.2, 0.25) is 0 Å². The Morgan fingerprint density at radius 3 is 2.53 bits per heavy atom. The van der Waals surface area contributed by atoms with E-state index in [2.05, 4.69) is 4.74 Å². The zero-order valence-electron chi connectivity index (χ0n) is 19.1. The molecule has 172 valence electrons. The van der Waals surface area contributed by atoms with E-state index >= 15 is 0 Å². The molecule has 2 aromatic rings. The molecule has 9 heteroatoms. The number of fused-ring (bicyclic) bond motifs is 2. The summed E-state index contributed by atoms with van der Waals surface area (Å²) >= 11 is 0. The number of amides is 1. The summed E-state index contributed by atoms with van der Waals surface area (Å²) in [6, 6.07) is 5.43. The molecule has 1 aromatic heterocycles. The molecule has 2 aliphatic heterocycles. The van der Waals surface area contributed by atoms with E-state index in [-0.39, 0.29) is 18.7 Å². The van der Waals surface area contributed by atoms with Crippen molar-refractivity contribution in [2.45, 2.75) is 64.9 Å². The molecule has 0 radical (unpaired) electrons. The third-order valence-electron chi connectivity index (χ3n) is 5.40. The van der Waals surface area contributed by atoms with E-state index < -0.39 is 41.6 Å². The normalized spacial score (nSPS) is 22.1. The summed E-state index contributed by atoms with van der Waals surface area (Å²) in [5, 5.41) is 0.580. The Morgan fingerprint density at radius 2 is 1.88 bits per heavy atom. The van der Waals surface area contributed by atoms with Gasteiger partial charge in [-0.15, -0.1) is 0 Å². The van der Waals surface area contributed by atoms with Crippen LogP contribution in [0.4, 0.5) is 4.79 Å². The molecule has 0 N–H and O–H groups in total. The molecule has 1 aromatic carbocycles. The van der Waals surface area contributed by atoms with Gasteiger partial charge in [-0.3, -0.25) is 4.79 Å². The van der Waals surface area contributed by atoms with Crippen molar-refractivity contribution < 1.29 is 33.3 Å². The number of ether oxygens (including phenoxy) is 4. The fourth-order valence-electron chi connectivity index (χ4n) is 4.23. The van der Waals surface area contributed by atoms with Crippen LogP contribution in [0.25, 0.3) is 10.9 Å². The van der Waals surface area contributed by atoms with Crippen LogP contribution >= 0.6 is 0 Å². The van der Waals surface area contributed by atoms with Crippen molar-refractivity contribution in [3.05, 3.63) is 35.5 Å². The summed E-state index contributed by atoms with van der Waals surface area (Å²) in [6.45, 7) is 9.50. The maximum absolute atomic E-state index is 13.0. The number of hydrogen-bond donors (Lipinski definition) is 0. The Labute approximate surface area is 186 Å². The van der Waals surface area contributed by atoms with Crippen molar-refractivity contribution in [3.8, 4) is 0 Å². The molecule has 1 fully saturated rings. The Kier molecular flexibility index (Phi) is 5.29. The quantitative estimate of drug-likeness (QED) is 0.398. The van der Waals surface area contributed by atoms with E-state index in [1.54, 1.807) is 37.1 Å². The second-order valence-corrected chi connectivity index (χ2v) is 9.51. The first kappa shape index (κ1) is 22.3. The molecule has 0 aliphatic carbocycles. The fraction of sp³-hybridized carbons (Fsp3) is 0.522. The number of carbonyl (C=O) groups excluding carboxylic acids is 3. The fourth-order valence-corrected chi connectivity index (χ4v) is 4.23. The Bertz CT molecular complexity index is 1100. The Morgan fingerprint density at radius 1 is 1.16 bits per heavy atom. The lowest BCUT2D eigenvalue weighted by Gasteiger charge is -2.32. The molecule has 2 atom stereocenters. The number of aromatic nitrogens is 1. The molecule has 0 bridgehead atoms. The van der Waals surface area contributed by atoms with Gasteiger partial charge in [-0.1, -0.05) is 18.2 Å². The van der Waals surface area contributed by atoms with Crippen LogP contribution < -0.4 is 0 Å². The maximum Gasteiger partial charge on any atom is 0.410 e. The number of nitrogens with zero attached hydrogens (tertiary/aromatic N) is 2. The molecule has 0 saturated carbocycles. The van der Waals surface area contributed by atoms with E-state index in [1.165, 1.54) is 7.11 Å². The lowest BCUT2D eigenvalue weighted by Crippen LogP contribution is -2.43. The van der Waals surface area contributed by atoms with Gasteiger partial charge in [0.1, 0.15) is 11.7 Å². The zero-order valence-corrected chi connectivity index (χ0v) is 19.1. The van der Waals surface area contributed by atoms with E-state index in [9.17, 15) is 14.4 Å². The van der Waals surface area contributed by atoms with Crippen molar-refractivity contribution in [2.75, 3.05) is 13.7 Å². The monoisotopic (exact) mass is 444 g/mol. The lowest BCUT2D eigenvalue weighted by atomic mass is 10.0. The molecule has 1 amide bonds. The standard InChI is InChI=1S/C23H28N2O7/c1-22(2,3)32-21(28)24-10-13-8-7-9-14-15(18(26)20(27)29-6)11-25(17(13)14)19-16(12-24)30-23(4,5)31-19/h7-9,11,16,19H,10,12H2,1-6H3. The minimum absolute atomic E-state index is 0.214. The van der Waals surface area contributed by atoms with Gasteiger partial charge in [0, 0.05) is 11.6 Å². The van der Waals surface area contributed by atoms with Crippen LogP contribution in [0, 0.1) is 0 Å². The van der Waals surface area contributed by atoms with Gasteiger partial charge in [-0.05, 0) is 40.2 Å². The van der Waals surface area contributed by atoms with Crippen molar-refractivity contribution in [3.63, 3.8) is 0 Å². The summed E-state index contributed by atoms with van der Waals surface area (Å²) in [5.74, 6) is -2.59. The van der Waals surface area contributed by atoms with Gasteiger partial charge >= 0.3 is 12.1 Å². The predicted octanol–water partition coefficient (Wildman–Crippen LogP) is 3.40. The van der Waals surface area contributed by atoms with Crippen LogP contribution in [-0.4, -0.2) is 58.5 Å². The number of hydrogen-bond acceptors (Lipinski definition) is 7. The largest absolute Gasteiger partial charge is 0.463 e. The van der Waals surface area contributed by atoms with Crippen molar-refractivity contribution in [1.29, 1.82) is 0 Å².